The number of nitrogens with one attached hydrogen (secondary N) is 1. The van der Waals surface area contributed by atoms with E-state index in [2.05, 4.69) is 15.0 Å². The van der Waals surface area contributed by atoms with Crippen molar-refractivity contribution in [2.24, 2.45) is 0 Å². The molecule has 0 bridgehead atoms. The normalized spacial score (nSPS) is 25.4. The van der Waals surface area contributed by atoms with E-state index in [9.17, 15) is 4.57 Å². The van der Waals surface area contributed by atoms with Crippen molar-refractivity contribution in [1.29, 1.82) is 0 Å². The molecule has 176 valence electrons. The molecule has 2 aromatic rings. The predicted molar refractivity (Wildman–Crippen MR) is 133 cm³/mol. The van der Waals surface area contributed by atoms with Crippen LogP contribution in [0.1, 0.15) is 19.1 Å². The average molecular weight is 556 g/mol. The first-order valence-corrected chi connectivity index (χ1v) is 16.8. The van der Waals surface area contributed by atoms with Crippen LogP contribution in [0.5, 0.6) is 0 Å². The Kier molecular flexibility index (Phi) is 7.68. The Balaban J connectivity index is 1.23. The van der Waals surface area contributed by atoms with Crippen molar-refractivity contribution in [3.63, 3.8) is 0 Å². The van der Waals surface area contributed by atoms with Gasteiger partial charge < -0.3 is 15.5 Å². The zero-order valence-corrected chi connectivity index (χ0v) is 21.8. The molecule has 5 rings (SSSR count). The predicted octanol–water partition coefficient (Wildman–Crippen LogP) is 4.43. The van der Waals surface area contributed by atoms with Crippen LogP contribution in [0.3, 0.4) is 0 Å². The molecule has 3 saturated heterocycles. The quantitative estimate of drug-likeness (QED) is 0.271. The monoisotopic (exact) mass is 555 g/mol. The molecule has 3 N–H and O–H groups in total. The molecule has 2 atom stereocenters. The smallest absolute Gasteiger partial charge is 0.369 e. The van der Waals surface area contributed by atoms with Crippen LogP contribution >= 0.6 is 63.2 Å². The number of phosphoric acid groups is 1. The third kappa shape index (κ3) is 5.47. The van der Waals surface area contributed by atoms with Crippen LogP contribution in [0.25, 0.3) is 11.2 Å². The van der Waals surface area contributed by atoms with Gasteiger partial charge in [-0.05, 0) is 12.8 Å². The van der Waals surface area contributed by atoms with Crippen LogP contribution < -0.4 is 5.73 Å². The molecule has 5 heterocycles. The van der Waals surface area contributed by atoms with Crippen molar-refractivity contribution in [2.75, 3.05) is 35.4 Å². The summed E-state index contributed by atoms with van der Waals surface area (Å²) >= 11 is 5.28. The highest BCUT2D eigenvalue weighted by Crippen LogP contribution is 2.55. The minimum absolute atomic E-state index is 0.121. The number of nitrogens with two attached hydrogens (primary N) is 1. The summed E-state index contributed by atoms with van der Waals surface area (Å²) in [5.74, 6) is 3.30. The number of aromatic amines is 1. The number of anilines is 1. The molecule has 10 nitrogen and oxygen atoms in total. The van der Waals surface area contributed by atoms with Crippen LogP contribution in [0.15, 0.2) is 6.33 Å². The number of fused-ring (bicyclic) bond motifs is 1. The van der Waals surface area contributed by atoms with Gasteiger partial charge in [-0.25, -0.2) is 9.55 Å². The number of rotatable bonds is 8. The van der Waals surface area contributed by atoms with Gasteiger partial charge in [-0.3, -0.25) is 18.1 Å². The third-order valence-electron chi connectivity index (χ3n) is 5.00. The molecule has 0 spiro atoms. The summed E-state index contributed by atoms with van der Waals surface area (Å²) in [6, 6.07) is 0. The van der Waals surface area contributed by atoms with Crippen LogP contribution in [-0.4, -0.2) is 67.4 Å². The lowest BCUT2D eigenvalue weighted by atomic mass is 10.2. The molecule has 2 aromatic heterocycles. The first-order chi connectivity index (χ1) is 15.5. The van der Waals surface area contributed by atoms with Gasteiger partial charge in [0.15, 0.2) is 5.65 Å². The summed E-state index contributed by atoms with van der Waals surface area (Å²) < 4.78 is 39.3. The summed E-state index contributed by atoms with van der Waals surface area (Å²) in [5.41, 5.74) is 6.95. The van der Waals surface area contributed by atoms with E-state index in [0.29, 0.717) is 15.8 Å². The molecule has 3 aliphatic rings. The first-order valence-electron chi connectivity index (χ1n) is 9.97. The summed E-state index contributed by atoms with van der Waals surface area (Å²) in [5, 5.41) is 0. The van der Waals surface area contributed by atoms with E-state index in [1.54, 1.807) is 49.5 Å². The van der Waals surface area contributed by atoms with Crippen molar-refractivity contribution >= 4 is 80.3 Å². The maximum atomic E-state index is 13.4. The molecule has 0 saturated carbocycles. The second kappa shape index (κ2) is 10.3. The van der Waals surface area contributed by atoms with Crippen molar-refractivity contribution in [1.82, 2.24) is 19.5 Å². The lowest BCUT2D eigenvalue weighted by Crippen LogP contribution is -2.22. The van der Waals surface area contributed by atoms with Gasteiger partial charge in [0.25, 0.3) is 0 Å². The second-order valence-electron chi connectivity index (χ2n) is 7.40. The highest BCUT2D eigenvalue weighted by atomic mass is 33.1. The van der Waals surface area contributed by atoms with E-state index in [-0.39, 0.29) is 37.1 Å². The lowest BCUT2D eigenvalue weighted by molar-refractivity contribution is -0.0273. The van der Waals surface area contributed by atoms with E-state index >= 15 is 0 Å². The van der Waals surface area contributed by atoms with E-state index in [1.165, 1.54) is 0 Å². The molecular weight excluding hydrogens is 534 g/mol. The lowest BCUT2D eigenvalue weighted by Gasteiger charge is -2.24. The van der Waals surface area contributed by atoms with Crippen molar-refractivity contribution in [3.8, 4) is 0 Å². The molecule has 0 aromatic carbocycles. The summed E-state index contributed by atoms with van der Waals surface area (Å²) in [6.07, 6.45) is 2.27. The van der Waals surface area contributed by atoms with Crippen LogP contribution in [0, 0.1) is 4.64 Å². The Morgan fingerprint density at radius 1 is 1.19 bits per heavy atom. The maximum Gasteiger partial charge on any atom is 0.475 e. The summed E-state index contributed by atoms with van der Waals surface area (Å²) in [4.78, 5) is 11.5. The van der Waals surface area contributed by atoms with E-state index in [4.69, 9.17) is 36.3 Å². The van der Waals surface area contributed by atoms with Crippen LogP contribution in [0.2, 0.25) is 0 Å². The molecule has 16 heteroatoms. The minimum atomic E-state index is -3.70. The Hall–Kier alpha value is 0.0400. The molecule has 0 unspecified atom stereocenters. The van der Waals surface area contributed by atoms with Gasteiger partial charge in [0.1, 0.15) is 16.4 Å². The molecule has 0 amide bonds. The van der Waals surface area contributed by atoms with Gasteiger partial charge in [0.05, 0.1) is 31.2 Å². The fourth-order valence-corrected chi connectivity index (χ4v) is 10.7. The number of hydrogen-bond donors (Lipinski definition) is 2. The standard InChI is InChI=1S/C16H22N5O5PS5/c17-16-19-14-13(15(28)20-16)18-8-21(14)12-2-1-9(24-12)3-23-27(22,25-10-4-29-30-5-10)26-11-6-31-32-7-11/h8-12H,1-7H2,(H3,17,19,20,28)/t9-,12+/m0/s1. The first kappa shape index (κ1) is 23.8. The molecule has 3 fully saturated rings. The van der Waals surface area contributed by atoms with Gasteiger partial charge in [-0.15, -0.1) is 0 Å². The zero-order chi connectivity index (χ0) is 22.1. The van der Waals surface area contributed by atoms with E-state index < -0.39 is 7.82 Å². The molecular formula is C16H22N5O5PS5. The van der Waals surface area contributed by atoms with Crippen molar-refractivity contribution in [3.05, 3.63) is 11.0 Å². The number of hydrogen-bond acceptors (Lipinski definition) is 13. The highest BCUT2D eigenvalue weighted by Gasteiger charge is 2.39. The average Bonchev–Trinajstić information content (AvgIpc) is 3.54. The minimum Gasteiger partial charge on any atom is -0.369 e. The van der Waals surface area contributed by atoms with Crippen LogP contribution in [0.4, 0.5) is 5.95 Å². The third-order valence-corrected chi connectivity index (χ3v) is 11.9. The number of ether oxygens (including phenoxy) is 1. The molecule has 3 aliphatic heterocycles. The number of nitrogens with zero attached hydrogens (tertiary/aromatic N) is 3. The molecule has 0 radical (unpaired) electrons. The second-order valence-corrected chi connectivity index (χ2v) is 14.5. The van der Waals surface area contributed by atoms with Crippen LogP contribution in [-0.2, 0) is 22.9 Å². The zero-order valence-electron chi connectivity index (χ0n) is 16.8. The molecule has 32 heavy (non-hydrogen) atoms. The van der Waals surface area contributed by atoms with E-state index in [1.807, 2.05) is 4.57 Å². The van der Waals surface area contributed by atoms with Gasteiger partial charge in [0, 0.05) is 23.0 Å². The highest BCUT2D eigenvalue weighted by molar-refractivity contribution is 8.77. The number of aromatic nitrogens is 4. The van der Waals surface area contributed by atoms with Crippen molar-refractivity contribution in [2.45, 2.75) is 37.4 Å². The summed E-state index contributed by atoms with van der Waals surface area (Å²) in [7, 11) is 3.11. The van der Waals surface area contributed by atoms with Gasteiger partial charge in [-0.1, -0.05) is 55.4 Å². The number of H-pyrrole nitrogens is 1. The van der Waals surface area contributed by atoms with Gasteiger partial charge in [0.2, 0.25) is 5.95 Å². The fourth-order valence-electron chi connectivity index (χ4n) is 3.51. The number of phosphoric ester groups is 1. The SMILES string of the molecule is Nc1nc2c(ncn2[C@H]2CC[C@@H](COP(=O)(OC3CSSC3)OC3CSSC3)O2)c(=S)[nH]1. The Bertz CT molecular complexity index is 1040. The maximum absolute atomic E-state index is 13.4. The Morgan fingerprint density at radius 3 is 2.50 bits per heavy atom. The number of imidazole rings is 1. The Morgan fingerprint density at radius 2 is 1.84 bits per heavy atom. The van der Waals surface area contributed by atoms with E-state index in [0.717, 1.165) is 35.9 Å². The summed E-state index contributed by atoms with van der Waals surface area (Å²) in [6.45, 7) is 0.121. The molecule has 0 aliphatic carbocycles. The van der Waals surface area contributed by atoms with Gasteiger partial charge >= 0.3 is 7.82 Å². The Labute approximate surface area is 205 Å². The largest absolute Gasteiger partial charge is 0.475 e. The number of nitrogen functional groups attached to an aromatic ring is 1. The van der Waals surface area contributed by atoms with Gasteiger partial charge in [-0.2, -0.15) is 4.98 Å². The fraction of sp³-hybridized carbons (Fsp3) is 0.688. The topological polar surface area (TPSA) is 127 Å². The van der Waals surface area contributed by atoms with Crippen molar-refractivity contribution < 1.29 is 22.9 Å².